The first kappa shape index (κ1) is 14.1. The Labute approximate surface area is 123 Å². The molecular weight excluding hydrogens is 336 g/mol. The van der Waals surface area contributed by atoms with Gasteiger partial charge in [0.05, 0.1) is 12.8 Å². The van der Waals surface area contributed by atoms with Gasteiger partial charge in [0.2, 0.25) is 0 Å². The van der Waals surface area contributed by atoms with Gasteiger partial charge in [-0.3, -0.25) is 0 Å². The highest BCUT2D eigenvalue weighted by Crippen LogP contribution is 2.36. The maximum absolute atomic E-state index is 11.8. The average Bonchev–Trinajstić information content (AvgIpc) is 3.12. The van der Waals surface area contributed by atoms with Crippen molar-refractivity contribution in [2.75, 3.05) is 12.4 Å². The van der Waals surface area contributed by atoms with Gasteiger partial charge in [0.15, 0.2) is 0 Å². The van der Waals surface area contributed by atoms with Gasteiger partial charge in [-0.15, -0.1) is 0 Å². The van der Waals surface area contributed by atoms with E-state index in [1.165, 1.54) is 7.11 Å². The molecule has 102 valence electrons. The molecule has 0 spiro atoms. The molecule has 2 amide bonds. The van der Waals surface area contributed by atoms with E-state index < -0.39 is 17.5 Å². The minimum absolute atomic E-state index is 0.419. The fourth-order valence-electron chi connectivity index (χ4n) is 1.66. The molecule has 1 aliphatic rings. The van der Waals surface area contributed by atoms with Crippen LogP contribution in [0.15, 0.2) is 22.7 Å². The van der Waals surface area contributed by atoms with Gasteiger partial charge in [-0.25, -0.2) is 9.59 Å². The largest absolute Gasteiger partial charge is 0.467 e. The van der Waals surface area contributed by atoms with Gasteiger partial charge < -0.3 is 15.4 Å². The van der Waals surface area contributed by atoms with Crippen molar-refractivity contribution < 1.29 is 14.3 Å². The first-order valence-electron chi connectivity index (χ1n) is 5.59. The number of nitrogens with one attached hydrogen (secondary N) is 2. The number of hydrogen-bond acceptors (Lipinski definition) is 3. The van der Waals surface area contributed by atoms with E-state index in [4.69, 9.17) is 11.6 Å². The third-order valence-corrected chi connectivity index (χ3v) is 3.75. The Bertz CT molecular complexity index is 532. The highest BCUT2D eigenvalue weighted by molar-refractivity contribution is 9.10. The van der Waals surface area contributed by atoms with Crippen LogP contribution in [0.5, 0.6) is 0 Å². The van der Waals surface area contributed by atoms with Crippen LogP contribution < -0.4 is 10.6 Å². The highest BCUT2D eigenvalue weighted by Gasteiger charge is 2.52. The van der Waals surface area contributed by atoms with Gasteiger partial charge in [-0.2, -0.15) is 0 Å². The van der Waals surface area contributed by atoms with Gasteiger partial charge >= 0.3 is 12.0 Å². The molecule has 0 unspecified atom stereocenters. The summed E-state index contributed by atoms with van der Waals surface area (Å²) < 4.78 is 5.32. The molecule has 0 bridgehead atoms. The minimum Gasteiger partial charge on any atom is -0.467 e. The predicted octanol–water partition coefficient (Wildman–Crippen LogP) is 2.93. The molecule has 0 atom stereocenters. The quantitative estimate of drug-likeness (QED) is 0.826. The second kappa shape index (κ2) is 5.38. The number of methoxy groups -OCH3 is 1. The second-order valence-electron chi connectivity index (χ2n) is 4.28. The molecule has 1 aromatic rings. The maximum atomic E-state index is 11.8. The summed E-state index contributed by atoms with van der Waals surface area (Å²) in [5, 5.41) is 5.84. The smallest absolute Gasteiger partial charge is 0.331 e. The molecule has 1 aliphatic carbocycles. The minimum atomic E-state index is -0.863. The van der Waals surface area contributed by atoms with Crippen LogP contribution in [0.3, 0.4) is 0 Å². The van der Waals surface area contributed by atoms with E-state index in [1.54, 1.807) is 18.2 Å². The van der Waals surface area contributed by atoms with E-state index in [0.29, 0.717) is 28.0 Å². The van der Waals surface area contributed by atoms with Crippen LogP contribution in [0.1, 0.15) is 12.8 Å². The molecule has 1 fully saturated rings. The van der Waals surface area contributed by atoms with Crippen molar-refractivity contribution in [1.29, 1.82) is 0 Å². The Morgan fingerprint density at radius 3 is 2.63 bits per heavy atom. The fourth-order valence-corrected chi connectivity index (χ4v) is 2.44. The van der Waals surface area contributed by atoms with Crippen molar-refractivity contribution in [2.45, 2.75) is 18.4 Å². The van der Waals surface area contributed by atoms with E-state index in [-0.39, 0.29) is 0 Å². The zero-order valence-corrected chi connectivity index (χ0v) is 12.5. The molecule has 2 N–H and O–H groups in total. The molecule has 0 aromatic heterocycles. The molecule has 1 aromatic carbocycles. The molecule has 0 heterocycles. The SMILES string of the molecule is COC(=O)C1(NC(=O)Nc2ccc(Cl)cc2Br)CC1. The second-order valence-corrected chi connectivity index (χ2v) is 5.57. The normalized spacial score (nSPS) is 15.5. The summed E-state index contributed by atoms with van der Waals surface area (Å²) in [6.07, 6.45) is 1.18. The molecule has 0 aliphatic heterocycles. The molecule has 2 rings (SSSR count). The highest BCUT2D eigenvalue weighted by atomic mass is 79.9. The first-order valence-corrected chi connectivity index (χ1v) is 6.76. The molecule has 1 saturated carbocycles. The van der Waals surface area contributed by atoms with Gasteiger partial charge in [-0.1, -0.05) is 11.6 Å². The molecule has 0 radical (unpaired) electrons. The zero-order chi connectivity index (χ0) is 14.0. The van der Waals surface area contributed by atoms with Gasteiger partial charge in [0, 0.05) is 9.50 Å². The van der Waals surface area contributed by atoms with Gasteiger partial charge in [0.1, 0.15) is 5.54 Å². The predicted molar refractivity (Wildman–Crippen MR) is 75.3 cm³/mol. The van der Waals surface area contributed by atoms with Crippen LogP contribution in [0.2, 0.25) is 5.02 Å². The van der Waals surface area contributed by atoms with E-state index >= 15 is 0 Å². The summed E-state index contributed by atoms with van der Waals surface area (Å²) in [6, 6.07) is 4.55. The van der Waals surface area contributed by atoms with Crippen molar-refractivity contribution in [3.8, 4) is 0 Å². The van der Waals surface area contributed by atoms with Crippen LogP contribution in [0.4, 0.5) is 10.5 Å². The topological polar surface area (TPSA) is 67.4 Å². The van der Waals surface area contributed by atoms with Crippen molar-refractivity contribution in [1.82, 2.24) is 5.32 Å². The van der Waals surface area contributed by atoms with Gasteiger partial charge in [-0.05, 0) is 47.0 Å². The summed E-state index contributed by atoms with van der Waals surface area (Å²) in [5.74, 6) is -0.419. The standard InChI is InChI=1S/C12H12BrClN2O3/c1-19-10(17)12(4-5-12)16-11(18)15-9-3-2-7(14)6-8(9)13/h2-3,6H,4-5H2,1H3,(H2,15,16,18). The van der Waals surface area contributed by atoms with Crippen molar-refractivity contribution in [3.63, 3.8) is 0 Å². The van der Waals surface area contributed by atoms with E-state index in [9.17, 15) is 9.59 Å². The lowest BCUT2D eigenvalue weighted by molar-refractivity contribution is -0.144. The third-order valence-electron chi connectivity index (χ3n) is 2.86. The van der Waals surface area contributed by atoms with Crippen molar-refractivity contribution >= 4 is 45.2 Å². The Morgan fingerprint density at radius 2 is 2.11 bits per heavy atom. The summed E-state index contributed by atoms with van der Waals surface area (Å²) in [5.41, 5.74) is -0.292. The number of esters is 1. The first-order chi connectivity index (χ1) is 8.97. The number of urea groups is 1. The summed E-state index contributed by atoms with van der Waals surface area (Å²) in [4.78, 5) is 23.3. The van der Waals surface area contributed by atoms with E-state index in [0.717, 1.165) is 0 Å². The number of anilines is 1. The fraction of sp³-hybridized carbons (Fsp3) is 0.333. The monoisotopic (exact) mass is 346 g/mol. The molecular formula is C12H12BrClN2O3. The van der Waals surface area contributed by atoms with E-state index in [2.05, 4.69) is 31.3 Å². The number of carbonyl (C=O) groups is 2. The summed E-state index contributed by atoms with van der Waals surface area (Å²) in [6.45, 7) is 0. The Kier molecular flexibility index (Phi) is 4.01. The van der Waals surface area contributed by atoms with Crippen LogP contribution in [-0.4, -0.2) is 24.6 Å². The van der Waals surface area contributed by atoms with E-state index in [1.807, 2.05) is 0 Å². The van der Waals surface area contributed by atoms with Crippen LogP contribution >= 0.6 is 27.5 Å². The zero-order valence-electron chi connectivity index (χ0n) is 10.1. The Balaban J connectivity index is 2.00. The lowest BCUT2D eigenvalue weighted by atomic mass is 10.3. The summed E-state index contributed by atoms with van der Waals surface area (Å²) >= 11 is 9.11. The number of hydrogen-bond donors (Lipinski definition) is 2. The Hall–Kier alpha value is -1.27. The lowest BCUT2D eigenvalue weighted by Crippen LogP contribution is -2.45. The number of carbonyl (C=O) groups excluding carboxylic acids is 2. The number of amides is 2. The number of rotatable bonds is 3. The summed E-state index contributed by atoms with van der Waals surface area (Å²) in [7, 11) is 1.30. The maximum Gasteiger partial charge on any atom is 0.331 e. The van der Waals surface area contributed by atoms with Crippen LogP contribution in [-0.2, 0) is 9.53 Å². The molecule has 5 nitrogen and oxygen atoms in total. The number of benzene rings is 1. The van der Waals surface area contributed by atoms with Crippen LogP contribution in [0.25, 0.3) is 0 Å². The third kappa shape index (κ3) is 3.19. The van der Waals surface area contributed by atoms with Crippen molar-refractivity contribution in [3.05, 3.63) is 27.7 Å². The number of ether oxygens (including phenoxy) is 1. The Morgan fingerprint density at radius 1 is 1.42 bits per heavy atom. The number of halogens is 2. The van der Waals surface area contributed by atoms with Gasteiger partial charge in [0.25, 0.3) is 0 Å². The lowest BCUT2D eigenvalue weighted by Gasteiger charge is -2.16. The molecule has 0 saturated heterocycles. The van der Waals surface area contributed by atoms with Crippen LogP contribution in [0, 0.1) is 0 Å². The van der Waals surface area contributed by atoms with Crippen molar-refractivity contribution in [2.24, 2.45) is 0 Å². The molecule has 19 heavy (non-hydrogen) atoms. The molecule has 7 heteroatoms. The average molecular weight is 348 g/mol.